The van der Waals surface area contributed by atoms with E-state index in [1.807, 2.05) is 0 Å². The molecule has 0 aliphatic rings. The number of nitrogens with one attached hydrogen (secondary N) is 1. The third kappa shape index (κ3) is 6.17. The molecule has 0 spiro atoms. The summed E-state index contributed by atoms with van der Waals surface area (Å²) in [4.78, 5) is 11.8. The van der Waals surface area contributed by atoms with Gasteiger partial charge >= 0.3 is 5.97 Å². The van der Waals surface area contributed by atoms with Gasteiger partial charge in [-0.25, -0.2) is 13.2 Å². The molecule has 0 amide bonds. The van der Waals surface area contributed by atoms with Crippen molar-refractivity contribution < 1.29 is 17.9 Å². The molecule has 0 saturated carbocycles. The number of ether oxygens (including phenoxy) is 1. The van der Waals surface area contributed by atoms with E-state index in [0.717, 1.165) is 36.8 Å². The Balaban J connectivity index is 2.50. The molecule has 7 heteroatoms. The number of sulfonamides is 1. The molecule has 2 aromatic rings. The molecule has 0 aliphatic heterocycles. The predicted molar refractivity (Wildman–Crippen MR) is 120 cm³/mol. The van der Waals surface area contributed by atoms with Crippen molar-refractivity contribution in [3.63, 3.8) is 0 Å². The van der Waals surface area contributed by atoms with Crippen molar-refractivity contribution in [1.29, 1.82) is 0 Å². The molecule has 5 nitrogen and oxygen atoms in total. The van der Waals surface area contributed by atoms with Gasteiger partial charge in [0.05, 0.1) is 23.7 Å². The highest BCUT2D eigenvalue weighted by atomic mass is 35.5. The maximum Gasteiger partial charge on any atom is 0.337 e. The molecule has 0 aliphatic carbocycles. The lowest BCUT2D eigenvalue weighted by molar-refractivity contribution is 0.0600. The SMILES string of the molecule is CCC/C=C(\CCC)[C@@H](NS(=O)(=O)c1ccccc1Cl)c1ccc(C(=O)OC)cc1. The monoisotopic (exact) mass is 449 g/mol. The van der Waals surface area contributed by atoms with Crippen LogP contribution in [0.3, 0.4) is 0 Å². The molecule has 0 aromatic heterocycles. The maximum absolute atomic E-state index is 13.1. The van der Waals surface area contributed by atoms with E-state index in [9.17, 15) is 13.2 Å². The van der Waals surface area contributed by atoms with E-state index in [0.29, 0.717) is 5.56 Å². The van der Waals surface area contributed by atoms with Crippen molar-refractivity contribution in [3.05, 3.63) is 76.3 Å². The molecule has 0 heterocycles. The Morgan fingerprint density at radius 3 is 2.33 bits per heavy atom. The van der Waals surface area contributed by atoms with E-state index < -0.39 is 22.0 Å². The zero-order valence-corrected chi connectivity index (χ0v) is 19.1. The van der Waals surface area contributed by atoms with Crippen LogP contribution in [0, 0.1) is 0 Å². The number of hydrogen-bond acceptors (Lipinski definition) is 4. The third-order valence-corrected chi connectivity index (χ3v) is 6.59. The highest BCUT2D eigenvalue weighted by Gasteiger charge is 2.26. The fourth-order valence-electron chi connectivity index (χ4n) is 3.15. The number of carbonyl (C=O) groups is 1. The van der Waals surface area contributed by atoms with Crippen molar-refractivity contribution in [3.8, 4) is 0 Å². The standard InChI is InChI=1S/C23H28ClNO4S/c1-4-6-10-17(9-5-2)22(18-13-15-19(16-14-18)23(26)29-3)25-30(27,28)21-12-8-7-11-20(21)24/h7-8,10-16,22,25H,4-6,9H2,1-3H3/b17-10+/t22-/m1/s1. The number of benzene rings is 2. The molecule has 2 aromatic carbocycles. The molecular weight excluding hydrogens is 422 g/mol. The summed E-state index contributed by atoms with van der Waals surface area (Å²) in [5, 5.41) is 0.166. The Bertz CT molecular complexity index is 985. The van der Waals surface area contributed by atoms with Crippen LogP contribution in [-0.2, 0) is 14.8 Å². The number of rotatable bonds is 10. The average molecular weight is 450 g/mol. The maximum atomic E-state index is 13.1. The van der Waals surface area contributed by atoms with Crippen molar-refractivity contribution in [2.75, 3.05) is 7.11 Å². The lowest BCUT2D eigenvalue weighted by atomic mass is 9.94. The minimum absolute atomic E-state index is 0.0363. The summed E-state index contributed by atoms with van der Waals surface area (Å²) in [6.07, 6.45) is 5.52. The molecule has 2 rings (SSSR count). The van der Waals surface area contributed by atoms with Gasteiger partial charge in [0.15, 0.2) is 0 Å². The first-order valence-corrected chi connectivity index (χ1v) is 11.8. The normalized spacial score (nSPS) is 13.1. The molecule has 30 heavy (non-hydrogen) atoms. The van der Waals surface area contributed by atoms with Gasteiger partial charge in [-0.2, -0.15) is 4.72 Å². The van der Waals surface area contributed by atoms with Crippen molar-refractivity contribution in [2.45, 2.75) is 50.5 Å². The van der Waals surface area contributed by atoms with Crippen molar-refractivity contribution in [1.82, 2.24) is 4.72 Å². The average Bonchev–Trinajstić information content (AvgIpc) is 2.75. The van der Waals surface area contributed by atoms with E-state index in [4.69, 9.17) is 16.3 Å². The number of carbonyl (C=O) groups excluding carboxylic acids is 1. The second-order valence-electron chi connectivity index (χ2n) is 6.92. The first-order chi connectivity index (χ1) is 14.3. The van der Waals surface area contributed by atoms with Crippen LogP contribution in [0.25, 0.3) is 0 Å². The second kappa shape index (κ2) is 11.3. The summed E-state index contributed by atoms with van der Waals surface area (Å²) in [6.45, 7) is 4.13. The first-order valence-electron chi connectivity index (χ1n) is 9.98. The fourth-order valence-corrected chi connectivity index (χ4v) is 4.90. The topological polar surface area (TPSA) is 72.5 Å². The Kier molecular flexibility index (Phi) is 9.08. The van der Waals surface area contributed by atoms with E-state index in [1.54, 1.807) is 42.5 Å². The van der Waals surface area contributed by atoms with Crippen LogP contribution in [0.1, 0.15) is 61.5 Å². The molecule has 0 saturated heterocycles. The van der Waals surface area contributed by atoms with E-state index >= 15 is 0 Å². The van der Waals surface area contributed by atoms with Crippen molar-refractivity contribution in [2.24, 2.45) is 0 Å². The Hall–Kier alpha value is -2.15. The molecule has 0 fully saturated rings. The van der Waals surface area contributed by atoms with Crippen LogP contribution in [0.5, 0.6) is 0 Å². The lowest BCUT2D eigenvalue weighted by Gasteiger charge is -2.23. The van der Waals surface area contributed by atoms with Crippen LogP contribution in [0.4, 0.5) is 0 Å². The van der Waals surface area contributed by atoms with Gasteiger partial charge in [-0.1, -0.05) is 74.2 Å². The number of methoxy groups -OCH3 is 1. The van der Waals surface area contributed by atoms with Crippen molar-refractivity contribution >= 4 is 27.6 Å². The van der Waals surface area contributed by atoms with Gasteiger partial charge in [-0.3, -0.25) is 0 Å². The number of unbranched alkanes of at least 4 members (excludes halogenated alkanes) is 1. The van der Waals surface area contributed by atoms with Gasteiger partial charge in [0.2, 0.25) is 10.0 Å². The fraction of sp³-hybridized carbons (Fsp3) is 0.348. The molecular formula is C23H28ClNO4S. The summed E-state index contributed by atoms with van der Waals surface area (Å²) in [6, 6.07) is 12.6. The summed E-state index contributed by atoms with van der Waals surface area (Å²) in [7, 11) is -2.55. The van der Waals surface area contributed by atoms with Gasteiger partial charge in [0, 0.05) is 0 Å². The molecule has 0 bridgehead atoms. The van der Waals surface area contributed by atoms with E-state index in [-0.39, 0.29) is 9.92 Å². The van der Waals surface area contributed by atoms with E-state index in [1.165, 1.54) is 13.2 Å². The highest BCUT2D eigenvalue weighted by molar-refractivity contribution is 7.89. The summed E-state index contributed by atoms with van der Waals surface area (Å²) in [5.41, 5.74) is 2.14. The molecule has 1 atom stereocenters. The van der Waals surface area contributed by atoms with Gasteiger partial charge in [-0.05, 0) is 42.7 Å². The zero-order valence-electron chi connectivity index (χ0n) is 17.5. The number of halogens is 1. The molecule has 0 radical (unpaired) electrons. The summed E-state index contributed by atoms with van der Waals surface area (Å²) in [5.74, 6) is -0.440. The van der Waals surface area contributed by atoms with Gasteiger partial charge in [0.1, 0.15) is 4.90 Å². The highest BCUT2D eigenvalue weighted by Crippen LogP contribution is 2.30. The molecule has 1 N–H and O–H groups in total. The molecule has 162 valence electrons. The van der Waals surface area contributed by atoms with Gasteiger partial charge in [0.25, 0.3) is 0 Å². The second-order valence-corrected chi connectivity index (χ2v) is 9.01. The predicted octanol–water partition coefficient (Wildman–Crippen LogP) is 5.67. The number of allylic oxidation sites excluding steroid dienone is 1. The largest absolute Gasteiger partial charge is 0.465 e. The third-order valence-electron chi connectivity index (χ3n) is 4.67. The van der Waals surface area contributed by atoms with Gasteiger partial charge in [-0.15, -0.1) is 0 Å². The van der Waals surface area contributed by atoms with Crippen LogP contribution in [-0.4, -0.2) is 21.5 Å². The lowest BCUT2D eigenvalue weighted by Crippen LogP contribution is -2.30. The van der Waals surface area contributed by atoms with Gasteiger partial charge < -0.3 is 4.74 Å². The van der Waals surface area contributed by atoms with E-state index in [2.05, 4.69) is 24.6 Å². The number of hydrogen-bond donors (Lipinski definition) is 1. The minimum Gasteiger partial charge on any atom is -0.465 e. The van der Waals surface area contributed by atoms with Crippen LogP contribution >= 0.6 is 11.6 Å². The van der Waals surface area contributed by atoms with Crippen LogP contribution < -0.4 is 4.72 Å². The first kappa shape index (κ1) is 24.1. The summed E-state index contributed by atoms with van der Waals surface area (Å²) >= 11 is 6.15. The Labute approximate surface area is 184 Å². The quantitative estimate of drug-likeness (QED) is 0.374. The van der Waals surface area contributed by atoms with Crippen LogP contribution in [0.2, 0.25) is 5.02 Å². The Morgan fingerprint density at radius 2 is 1.77 bits per heavy atom. The van der Waals surface area contributed by atoms with Crippen LogP contribution in [0.15, 0.2) is 65.1 Å². The smallest absolute Gasteiger partial charge is 0.337 e. The Morgan fingerprint density at radius 1 is 1.10 bits per heavy atom. The summed E-state index contributed by atoms with van der Waals surface area (Å²) < 4.78 is 33.9. The number of esters is 1. The molecule has 0 unspecified atom stereocenters. The zero-order chi connectivity index (χ0) is 22.1. The minimum atomic E-state index is -3.87.